The summed E-state index contributed by atoms with van der Waals surface area (Å²) in [5.41, 5.74) is -1.42. The van der Waals surface area contributed by atoms with Crippen molar-refractivity contribution < 1.29 is 23.1 Å². The molecule has 2 aromatic rings. The van der Waals surface area contributed by atoms with E-state index >= 15 is 0 Å². The van der Waals surface area contributed by atoms with Gasteiger partial charge >= 0.3 is 12.1 Å². The fourth-order valence-corrected chi connectivity index (χ4v) is 1.25. The molecular weight excluding hydrogens is 253 g/mol. The molecule has 9 heteroatoms. The van der Waals surface area contributed by atoms with Crippen LogP contribution in [0.4, 0.5) is 13.2 Å². The first-order valence-corrected chi connectivity index (χ1v) is 4.58. The summed E-state index contributed by atoms with van der Waals surface area (Å²) in [4.78, 5) is 10.9. The lowest BCUT2D eigenvalue weighted by Crippen LogP contribution is -2.11. The van der Waals surface area contributed by atoms with Crippen LogP contribution in [0.5, 0.6) is 0 Å². The third-order valence-corrected chi connectivity index (χ3v) is 2.03. The van der Waals surface area contributed by atoms with E-state index in [4.69, 9.17) is 5.11 Å². The summed E-state index contributed by atoms with van der Waals surface area (Å²) >= 11 is 0. The monoisotopic (exact) mass is 258 g/mol. The highest BCUT2D eigenvalue weighted by atomic mass is 19.4. The minimum atomic E-state index is -4.60. The molecule has 0 radical (unpaired) electrons. The average Bonchev–Trinajstić information content (AvgIpc) is 2.77. The van der Waals surface area contributed by atoms with E-state index in [0.717, 1.165) is 29.2 Å². The summed E-state index contributed by atoms with van der Waals surface area (Å²) in [5.74, 6) is -1.61. The van der Waals surface area contributed by atoms with Crippen LogP contribution in [-0.4, -0.2) is 31.1 Å². The van der Waals surface area contributed by atoms with Gasteiger partial charge in [-0.3, -0.25) is 0 Å². The van der Waals surface area contributed by atoms with E-state index in [0.29, 0.717) is 0 Å². The van der Waals surface area contributed by atoms with Crippen molar-refractivity contribution in [1.82, 2.24) is 20.0 Å². The fraction of sp³-hybridized carbons (Fsp3) is 0.111. The van der Waals surface area contributed by atoms with Gasteiger partial charge < -0.3 is 5.11 Å². The second-order valence-electron chi connectivity index (χ2n) is 3.22. The predicted octanol–water partition coefficient (Wildman–Crippen LogP) is 1.38. The van der Waals surface area contributed by atoms with Gasteiger partial charge in [0.15, 0.2) is 11.5 Å². The van der Waals surface area contributed by atoms with Crippen LogP contribution in [0.2, 0.25) is 0 Å². The zero-order chi connectivity index (χ0) is 13.3. The number of alkyl halides is 3. The van der Waals surface area contributed by atoms with E-state index in [-0.39, 0.29) is 11.4 Å². The Bertz CT molecular complexity index is 593. The molecule has 0 aromatic carbocycles. The third kappa shape index (κ3) is 2.14. The highest BCUT2D eigenvalue weighted by molar-refractivity contribution is 5.90. The minimum Gasteiger partial charge on any atom is -0.478 e. The maximum Gasteiger partial charge on any atom is 0.435 e. The Morgan fingerprint density at radius 2 is 2.06 bits per heavy atom. The Balaban J connectivity index is 2.50. The molecule has 18 heavy (non-hydrogen) atoms. The number of nitrogens with zero attached hydrogens (tertiary/aromatic N) is 4. The highest BCUT2D eigenvalue weighted by Gasteiger charge is 2.34. The van der Waals surface area contributed by atoms with Crippen molar-refractivity contribution in [3.63, 3.8) is 0 Å². The van der Waals surface area contributed by atoms with Crippen molar-refractivity contribution in [2.45, 2.75) is 6.18 Å². The molecule has 2 rings (SSSR count). The van der Waals surface area contributed by atoms with Gasteiger partial charge in [0.2, 0.25) is 0 Å². The molecule has 0 fully saturated rings. The highest BCUT2D eigenvalue weighted by Crippen LogP contribution is 2.27. The van der Waals surface area contributed by atoms with E-state index in [1.165, 1.54) is 0 Å². The molecule has 1 N–H and O–H groups in total. The molecule has 0 spiro atoms. The Morgan fingerprint density at radius 1 is 1.33 bits per heavy atom. The molecule has 6 nitrogen and oxygen atoms in total. The van der Waals surface area contributed by atoms with Crippen LogP contribution >= 0.6 is 0 Å². The number of carbonyl (C=O) groups is 1. The van der Waals surface area contributed by atoms with Crippen LogP contribution < -0.4 is 0 Å². The van der Waals surface area contributed by atoms with Crippen molar-refractivity contribution >= 4 is 5.97 Å². The second kappa shape index (κ2) is 4.09. The van der Waals surface area contributed by atoms with E-state index < -0.39 is 17.8 Å². The van der Waals surface area contributed by atoms with Crippen molar-refractivity contribution in [2.24, 2.45) is 0 Å². The second-order valence-corrected chi connectivity index (χ2v) is 3.22. The molecule has 0 aliphatic carbocycles. The van der Waals surface area contributed by atoms with Crippen molar-refractivity contribution in [3.05, 3.63) is 35.8 Å². The number of hydrogen-bond acceptors (Lipinski definition) is 4. The van der Waals surface area contributed by atoms with E-state index in [1.807, 2.05) is 0 Å². The zero-order valence-electron chi connectivity index (χ0n) is 8.59. The molecule has 0 atom stereocenters. The lowest BCUT2D eigenvalue weighted by molar-refractivity contribution is -0.141. The number of rotatable bonds is 2. The summed E-state index contributed by atoms with van der Waals surface area (Å²) < 4.78 is 37.8. The first kappa shape index (κ1) is 12.0. The van der Waals surface area contributed by atoms with Crippen LogP contribution in [0.15, 0.2) is 24.5 Å². The molecule has 0 amide bonds. The zero-order valence-corrected chi connectivity index (χ0v) is 8.59. The van der Waals surface area contributed by atoms with E-state index in [1.54, 1.807) is 0 Å². The summed E-state index contributed by atoms with van der Waals surface area (Å²) in [7, 11) is 0. The molecule has 2 aromatic heterocycles. The number of hydrogen-bond donors (Lipinski definition) is 1. The Labute approximate surface area is 97.7 Å². The van der Waals surface area contributed by atoms with Crippen LogP contribution in [0.1, 0.15) is 16.1 Å². The van der Waals surface area contributed by atoms with Gasteiger partial charge in [-0.15, -0.1) is 5.10 Å². The molecular formula is C9H5F3N4O2. The molecule has 0 unspecified atom stereocenters. The molecule has 94 valence electrons. The lowest BCUT2D eigenvalue weighted by atomic mass is 10.3. The average molecular weight is 258 g/mol. The number of carboxylic acid groups (broad SMARTS) is 1. The third-order valence-electron chi connectivity index (χ3n) is 2.03. The molecule has 0 aliphatic rings. The smallest absolute Gasteiger partial charge is 0.435 e. The number of aromatic carboxylic acids is 1. The van der Waals surface area contributed by atoms with Crippen LogP contribution in [0.3, 0.4) is 0 Å². The quantitative estimate of drug-likeness (QED) is 0.880. The maximum absolute atomic E-state index is 12.3. The SMILES string of the molecule is O=C(O)c1ccnnc1-n1ccc(C(F)(F)F)n1. The molecule has 0 saturated carbocycles. The number of carboxylic acids is 1. The summed E-state index contributed by atoms with van der Waals surface area (Å²) in [5, 5.41) is 19.0. The first-order valence-electron chi connectivity index (χ1n) is 4.58. The van der Waals surface area contributed by atoms with E-state index in [2.05, 4.69) is 15.3 Å². The van der Waals surface area contributed by atoms with Crippen molar-refractivity contribution in [3.8, 4) is 5.82 Å². The number of halogens is 3. The normalized spacial score (nSPS) is 11.5. The van der Waals surface area contributed by atoms with Gasteiger partial charge in [0.05, 0.1) is 6.20 Å². The Morgan fingerprint density at radius 3 is 2.61 bits per heavy atom. The summed E-state index contributed by atoms with van der Waals surface area (Å²) in [6, 6.07) is 1.85. The lowest BCUT2D eigenvalue weighted by Gasteiger charge is -2.04. The summed E-state index contributed by atoms with van der Waals surface area (Å²) in [6.07, 6.45) is -2.50. The van der Waals surface area contributed by atoms with Crippen molar-refractivity contribution in [1.29, 1.82) is 0 Å². The maximum atomic E-state index is 12.3. The largest absolute Gasteiger partial charge is 0.478 e. The number of aromatic nitrogens is 4. The minimum absolute atomic E-state index is 0.277. The van der Waals surface area contributed by atoms with Gasteiger partial charge in [0.1, 0.15) is 5.56 Å². The molecule has 0 saturated heterocycles. The van der Waals surface area contributed by atoms with E-state index in [9.17, 15) is 18.0 Å². The summed E-state index contributed by atoms with van der Waals surface area (Å²) in [6.45, 7) is 0. The van der Waals surface area contributed by atoms with Gasteiger partial charge in [0, 0.05) is 6.20 Å². The standard InChI is InChI=1S/C9H5F3N4O2/c10-9(11,12)6-2-4-16(15-6)7-5(8(17)18)1-3-13-14-7/h1-4H,(H,17,18). The van der Waals surface area contributed by atoms with Crippen LogP contribution in [0, 0.1) is 0 Å². The van der Waals surface area contributed by atoms with Gasteiger partial charge in [0.25, 0.3) is 0 Å². The predicted molar refractivity (Wildman–Crippen MR) is 51.1 cm³/mol. The van der Waals surface area contributed by atoms with Gasteiger partial charge in [-0.2, -0.15) is 23.4 Å². The molecule has 0 aliphatic heterocycles. The van der Waals surface area contributed by atoms with Crippen LogP contribution in [0.25, 0.3) is 5.82 Å². The van der Waals surface area contributed by atoms with Crippen molar-refractivity contribution in [2.75, 3.05) is 0 Å². The van der Waals surface area contributed by atoms with Crippen LogP contribution in [-0.2, 0) is 6.18 Å². The van der Waals surface area contributed by atoms with Gasteiger partial charge in [-0.1, -0.05) is 0 Å². The van der Waals surface area contributed by atoms with Gasteiger partial charge in [-0.25, -0.2) is 9.48 Å². The topological polar surface area (TPSA) is 80.9 Å². The fourth-order valence-electron chi connectivity index (χ4n) is 1.25. The van der Waals surface area contributed by atoms with Gasteiger partial charge in [-0.05, 0) is 12.1 Å². The first-order chi connectivity index (χ1) is 8.39. The molecule has 0 bridgehead atoms. The Kier molecular flexibility index (Phi) is 2.73. The molecule has 2 heterocycles. The Hall–Kier alpha value is -2.45.